The third kappa shape index (κ3) is 2.40. The fourth-order valence-corrected chi connectivity index (χ4v) is 4.74. The first-order valence-corrected chi connectivity index (χ1v) is 9.24. The number of hydrogen-bond donors (Lipinski definition) is 0. The molecule has 4 rings (SSSR count). The second-order valence-corrected chi connectivity index (χ2v) is 7.89. The van der Waals surface area contributed by atoms with Crippen LogP contribution in [0.25, 0.3) is 0 Å². The van der Waals surface area contributed by atoms with Crippen LogP contribution in [0.1, 0.15) is 37.8 Å². The Labute approximate surface area is 148 Å². The zero-order chi connectivity index (χ0) is 17.8. The largest absolute Gasteiger partial charge is 0.351 e. The van der Waals surface area contributed by atoms with Crippen LogP contribution >= 0.6 is 0 Å². The van der Waals surface area contributed by atoms with Gasteiger partial charge in [-0.3, -0.25) is 9.59 Å². The molecule has 5 heteroatoms. The molecule has 0 radical (unpaired) electrons. The summed E-state index contributed by atoms with van der Waals surface area (Å²) in [5.41, 5.74) is 1.61. The molecular weight excluding hydrogens is 316 g/mol. The Morgan fingerprint density at radius 1 is 1.36 bits per heavy atom. The Balaban J connectivity index is 1.56. The second-order valence-electron chi connectivity index (χ2n) is 7.89. The number of hydrogen-bond acceptors (Lipinski definition) is 3. The fraction of sp³-hybridized carbons (Fsp3) is 0.600. The summed E-state index contributed by atoms with van der Waals surface area (Å²) in [6.07, 6.45) is 1.51. The predicted octanol–water partition coefficient (Wildman–Crippen LogP) is 2.12. The van der Waals surface area contributed by atoms with Crippen LogP contribution in [0.2, 0.25) is 0 Å². The maximum Gasteiger partial charge on any atom is 0.227 e. The van der Waals surface area contributed by atoms with E-state index >= 15 is 0 Å². The molecule has 0 aromatic heterocycles. The number of carbonyl (C=O) groups is 2. The molecule has 134 valence electrons. The van der Waals surface area contributed by atoms with E-state index in [1.165, 1.54) is 0 Å². The van der Waals surface area contributed by atoms with Crippen LogP contribution in [0.5, 0.6) is 0 Å². The third-order valence-corrected chi connectivity index (χ3v) is 6.18. The highest BCUT2D eigenvalue weighted by molar-refractivity contribution is 5.86. The van der Waals surface area contributed by atoms with Crippen molar-refractivity contribution in [2.45, 2.75) is 57.8 Å². The van der Waals surface area contributed by atoms with Gasteiger partial charge in [-0.15, -0.1) is 0 Å². The summed E-state index contributed by atoms with van der Waals surface area (Å²) >= 11 is 0. The summed E-state index contributed by atoms with van der Waals surface area (Å²) in [5, 5.41) is 0. The molecule has 0 bridgehead atoms. The standard InChI is InChI=1S/C20H26N2O3/c1-13(2)16-12-25-20-8-9-21(17(20)11-19(24)22(16)20)18(23)10-15-7-5-4-6-14(15)3/h4-7,13,16-17H,8-12H2,1-3H3/t16-,17+,20-/m0/s1. The van der Waals surface area contributed by atoms with Gasteiger partial charge in [-0.25, -0.2) is 0 Å². The summed E-state index contributed by atoms with van der Waals surface area (Å²) in [4.78, 5) is 29.5. The lowest BCUT2D eigenvalue weighted by atomic mass is 10.0. The van der Waals surface area contributed by atoms with Crippen LogP contribution in [0.15, 0.2) is 24.3 Å². The molecule has 1 spiro atoms. The van der Waals surface area contributed by atoms with Crippen molar-refractivity contribution < 1.29 is 14.3 Å². The highest BCUT2D eigenvalue weighted by Crippen LogP contribution is 2.48. The average Bonchev–Trinajstić information content (AvgIpc) is 3.19. The van der Waals surface area contributed by atoms with Crippen molar-refractivity contribution in [2.75, 3.05) is 13.2 Å². The number of likely N-dealkylation sites (tertiary alicyclic amines) is 1. The zero-order valence-electron chi connectivity index (χ0n) is 15.2. The maximum atomic E-state index is 13.0. The van der Waals surface area contributed by atoms with Gasteiger partial charge in [0.25, 0.3) is 0 Å². The van der Waals surface area contributed by atoms with Gasteiger partial charge in [0, 0.05) is 13.0 Å². The summed E-state index contributed by atoms with van der Waals surface area (Å²) < 4.78 is 6.20. The summed E-state index contributed by atoms with van der Waals surface area (Å²) in [5.74, 6) is 0.593. The molecule has 3 saturated heterocycles. The lowest BCUT2D eigenvalue weighted by Gasteiger charge is -2.34. The first kappa shape index (κ1) is 16.6. The molecule has 3 aliphatic heterocycles. The van der Waals surface area contributed by atoms with Crippen LogP contribution < -0.4 is 0 Å². The van der Waals surface area contributed by atoms with Gasteiger partial charge < -0.3 is 14.5 Å². The lowest BCUT2D eigenvalue weighted by Crippen LogP contribution is -2.51. The molecule has 0 aliphatic carbocycles. The molecule has 5 nitrogen and oxygen atoms in total. The minimum absolute atomic E-state index is 0.0995. The van der Waals surface area contributed by atoms with Gasteiger partial charge in [0.2, 0.25) is 11.8 Å². The van der Waals surface area contributed by atoms with E-state index in [4.69, 9.17) is 4.74 Å². The zero-order valence-corrected chi connectivity index (χ0v) is 15.2. The monoisotopic (exact) mass is 342 g/mol. The summed E-state index contributed by atoms with van der Waals surface area (Å²) in [6, 6.07) is 7.98. The first-order valence-electron chi connectivity index (χ1n) is 9.24. The number of aryl methyl sites for hydroxylation is 1. The molecule has 3 aliphatic rings. The van der Waals surface area contributed by atoms with Crippen LogP contribution in [0.4, 0.5) is 0 Å². The molecule has 3 atom stereocenters. The van der Waals surface area contributed by atoms with Gasteiger partial charge in [0.05, 0.1) is 31.5 Å². The third-order valence-electron chi connectivity index (χ3n) is 6.18. The van der Waals surface area contributed by atoms with Crippen LogP contribution in [0.3, 0.4) is 0 Å². The number of carbonyl (C=O) groups excluding carboxylic acids is 2. The molecular formula is C20H26N2O3. The molecule has 0 N–H and O–H groups in total. The first-order chi connectivity index (χ1) is 11.9. The number of rotatable bonds is 3. The Bertz CT molecular complexity index is 717. The van der Waals surface area contributed by atoms with E-state index in [9.17, 15) is 9.59 Å². The summed E-state index contributed by atoms with van der Waals surface area (Å²) in [7, 11) is 0. The molecule has 1 aromatic rings. The van der Waals surface area contributed by atoms with E-state index in [0.29, 0.717) is 31.9 Å². The van der Waals surface area contributed by atoms with E-state index in [0.717, 1.165) is 17.5 Å². The fourth-order valence-electron chi connectivity index (χ4n) is 4.74. The molecule has 1 aromatic carbocycles. The normalized spacial score (nSPS) is 31.0. The van der Waals surface area contributed by atoms with Crippen molar-refractivity contribution in [3.8, 4) is 0 Å². The smallest absolute Gasteiger partial charge is 0.227 e. The maximum absolute atomic E-state index is 13.0. The average molecular weight is 342 g/mol. The molecule has 2 amide bonds. The van der Waals surface area contributed by atoms with E-state index in [2.05, 4.69) is 13.8 Å². The van der Waals surface area contributed by atoms with Crippen LogP contribution in [-0.4, -0.2) is 52.6 Å². The topological polar surface area (TPSA) is 49.9 Å². The van der Waals surface area contributed by atoms with Crippen molar-refractivity contribution in [1.82, 2.24) is 9.80 Å². The van der Waals surface area contributed by atoms with E-state index in [1.807, 2.05) is 41.0 Å². The second kappa shape index (κ2) is 5.84. The van der Waals surface area contributed by atoms with Crippen LogP contribution in [0, 0.1) is 12.8 Å². The molecule has 25 heavy (non-hydrogen) atoms. The van der Waals surface area contributed by atoms with Gasteiger partial charge in [-0.1, -0.05) is 38.1 Å². The SMILES string of the molecule is Cc1ccccc1CC(=O)N1CC[C@@]23OC[C@@H](C(C)C)N2C(=O)C[C@@H]13. The highest BCUT2D eigenvalue weighted by atomic mass is 16.5. The quantitative estimate of drug-likeness (QED) is 0.845. The number of amides is 2. The molecule has 0 saturated carbocycles. The Kier molecular flexibility index (Phi) is 3.87. The Hall–Kier alpha value is -1.88. The number of nitrogens with zero attached hydrogens (tertiary/aromatic N) is 2. The number of benzene rings is 1. The van der Waals surface area contributed by atoms with Crippen molar-refractivity contribution in [1.29, 1.82) is 0 Å². The van der Waals surface area contributed by atoms with Crippen molar-refractivity contribution in [3.05, 3.63) is 35.4 Å². The molecule has 3 fully saturated rings. The van der Waals surface area contributed by atoms with Gasteiger partial charge in [0.15, 0.2) is 5.72 Å². The minimum atomic E-state index is -0.576. The van der Waals surface area contributed by atoms with E-state index in [1.54, 1.807) is 0 Å². The number of ether oxygens (including phenoxy) is 1. The van der Waals surface area contributed by atoms with Crippen molar-refractivity contribution in [2.24, 2.45) is 5.92 Å². The Morgan fingerprint density at radius 2 is 2.12 bits per heavy atom. The summed E-state index contributed by atoms with van der Waals surface area (Å²) in [6.45, 7) is 7.54. The Morgan fingerprint density at radius 3 is 2.84 bits per heavy atom. The van der Waals surface area contributed by atoms with Crippen LogP contribution in [-0.2, 0) is 20.7 Å². The van der Waals surface area contributed by atoms with E-state index < -0.39 is 5.72 Å². The van der Waals surface area contributed by atoms with Gasteiger partial charge >= 0.3 is 0 Å². The van der Waals surface area contributed by atoms with Gasteiger partial charge in [-0.2, -0.15) is 0 Å². The van der Waals surface area contributed by atoms with Gasteiger partial charge in [-0.05, 0) is 24.0 Å². The highest BCUT2D eigenvalue weighted by Gasteiger charge is 2.65. The van der Waals surface area contributed by atoms with E-state index in [-0.39, 0.29) is 23.9 Å². The lowest BCUT2D eigenvalue weighted by molar-refractivity contribution is -0.141. The molecule has 0 unspecified atom stereocenters. The van der Waals surface area contributed by atoms with Gasteiger partial charge in [0.1, 0.15) is 0 Å². The minimum Gasteiger partial charge on any atom is -0.351 e. The van der Waals surface area contributed by atoms with Crippen molar-refractivity contribution in [3.63, 3.8) is 0 Å². The molecule has 3 heterocycles. The van der Waals surface area contributed by atoms with Crippen molar-refractivity contribution >= 4 is 11.8 Å². The predicted molar refractivity (Wildman–Crippen MR) is 93.8 cm³/mol.